The van der Waals surface area contributed by atoms with E-state index in [0.717, 1.165) is 17.7 Å². The lowest BCUT2D eigenvalue weighted by atomic mass is 9.89. The van der Waals surface area contributed by atoms with E-state index in [0.29, 0.717) is 17.9 Å². The van der Waals surface area contributed by atoms with Gasteiger partial charge in [0.25, 0.3) is 0 Å². The maximum absolute atomic E-state index is 14.3. The van der Waals surface area contributed by atoms with Gasteiger partial charge < -0.3 is 4.74 Å². The Labute approximate surface area is 189 Å². The Morgan fingerprint density at radius 2 is 1.12 bits per heavy atom. The van der Waals surface area contributed by atoms with Gasteiger partial charge in [0, 0.05) is 5.57 Å². The van der Waals surface area contributed by atoms with E-state index in [2.05, 4.69) is 0 Å². The standard InChI is InChI=1S/C28H20F4O/c29-24-15-11-21(12-16-24)26(27(28(30,31)32)23-9-5-2-6-10-23)22-13-17-25(18-14-22)33-19-20-7-3-1-4-8-20/h1-18H,19H2. The van der Waals surface area contributed by atoms with Crippen LogP contribution in [0.1, 0.15) is 22.3 Å². The summed E-state index contributed by atoms with van der Waals surface area (Å²) in [5.41, 5.74) is 0.831. The van der Waals surface area contributed by atoms with Gasteiger partial charge in [-0.2, -0.15) is 13.2 Å². The third kappa shape index (κ3) is 5.50. The quantitative estimate of drug-likeness (QED) is 0.215. The van der Waals surface area contributed by atoms with Crippen molar-refractivity contribution in [2.75, 3.05) is 0 Å². The first kappa shape index (κ1) is 22.3. The summed E-state index contributed by atoms with van der Waals surface area (Å²) in [6.45, 7) is 0.346. The molecule has 4 aromatic rings. The van der Waals surface area contributed by atoms with Crippen molar-refractivity contribution in [3.63, 3.8) is 0 Å². The lowest BCUT2D eigenvalue weighted by Crippen LogP contribution is -2.14. The van der Waals surface area contributed by atoms with Gasteiger partial charge in [0.1, 0.15) is 18.2 Å². The molecule has 0 fully saturated rings. The second kappa shape index (κ2) is 9.74. The molecular formula is C28H20F4O. The molecule has 0 aliphatic carbocycles. The van der Waals surface area contributed by atoms with E-state index in [1.165, 1.54) is 24.3 Å². The number of alkyl halides is 3. The highest BCUT2D eigenvalue weighted by molar-refractivity contribution is 6.00. The van der Waals surface area contributed by atoms with E-state index in [-0.39, 0.29) is 16.7 Å². The summed E-state index contributed by atoms with van der Waals surface area (Å²) >= 11 is 0. The molecule has 0 radical (unpaired) electrons. The van der Waals surface area contributed by atoms with Crippen LogP contribution in [-0.2, 0) is 6.61 Å². The lowest BCUT2D eigenvalue weighted by molar-refractivity contribution is -0.0685. The molecule has 0 aliphatic rings. The summed E-state index contributed by atoms with van der Waals surface area (Å²) in [5, 5.41) is 0. The largest absolute Gasteiger partial charge is 0.489 e. The van der Waals surface area contributed by atoms with Crippen LogP contribution in [0.25, 0.3) is 11.1 Å². The molecular weight excluding hydrogens is 428 g/mol. The maximum Gasteiger partial charge on any atom is 0.417 e. The zero-order valence-corrected chi connectivity index (χ0v) is 17.5. The summed E-state index contributed by atoms with van der Waals surface area (Å²) in [6.07, 6.45) is -4.63. The molecule has 0 amide bonds. The highest BCUT2D eigenvalue weighted by Crippen LogP contribution is 2.42. The first-order valence-corrected chi connectivity index (χ1v) is 10.3. The van der Waals surface area contributed by atoms with E-state index in [9.17, 15) is 17.6 Å². The van der Waals surface area contributed by atoms with Crippen LogP contribution in [0.3, 0.4) is 0 Å². The van der Waals surface area contributed by atoms with Crippen LogP contribution in [0, 0.1) is 5.82 Å². The minimum Gasteiger partial charge on any atom is -0.489 e. The van der Waals surface area contributed by atoms with Crippen LogP contribution in [0.4, 0.5) is 17.6 Å². The molecule has 0 atom stereocenters. The molecule has 0 spiro atoms. The van der Waals surface area contributed by atoms with Crippen LogP contribution in [0.2, 0.25) is 0 Å². The SMILES string of the molecule is Fc1ccc(C(=C(c2ccccc2)C(F)(F)F)c2ccc(OCc3ccccc3)cc2)cc1. The minimum atomic E-state index is -4.63. The Kier molecular flexibility index (Phi) is 6.59. The fourth-order valence-electron chi connectivity index (χ4n) is 3.59. The molecule has 1 nitrogen and oxygen atoms in total. The van der Waals surface area contributed by atoms with Crippen molar-refractivity contribution in [1.82, 2.24) is 0 Å². The summed E-state index contributed by atoms with van der Waals surface area (Å²) in [4.78, 5) is 0. The number of halogens is 4. The van der Waals surface area contributed by atoms with Crippen LogP contribution < -0.4 is 4.74 Å². The van der Waals surface area contributed by atoms with Crippen molar-refractivity contribution in [3.8, 4) is 5.75 Å². The van der Waals surface area contributed by atoms with Crippen LogP contribution in [0.5, 0.6) is 5.75 Å². The third-order valence-corrected chi connectivity index (χ3v) is 5.12. The van der Waals surface area contributed by atoms with Gasteiger partial charge in [-0.3, -0.25) is 0 Å². The summed E-state index contributed by atoms with van der Waals surface area (Å²) in [6, 6.07) is 28.7. The number of hydrogen-bond acceptors (Lipinski definition) is 1. The molecule has 0 aliphatic heterocycles. The smallest absolute Gasteiger partial charge is 0.417 e. The van der Waals surface area contributed by atoms with Gasteiger partial charge in [-0.15, -0.1) is 0 Å². The van der Waals surface area contributed by atoms with Crippen LogP contribution >= 0.6 is 0 Å². The Bertz CT molecular complexity index is 1210. The molecule has 0 N–H and O–H groups in total. The Morgan fingerprint density at radius 3 is 1.67 bits per heavy atom. The van der Waals surface area contributed by atoms with Crippen LogP contribution in [-0.4, -0.2) is 6.18 Å². The Morgan fingerprint density at radius 1 is 0.606 bits per heavy atom. The van der Waals surface area contributed by atoms with E-state index in [4.69, 9.17) is 4.74 Å². The normalized spacial score (nSPS) is 12.2. The Hall–Kier alpha value is -3.86. The van der Waals surface area contributed by atoms with Crippen molar-refractivity contribution >= 4 is 11.1 Å². The molecule has 0 unspecified atom stereocenters. The first-order valence-electron chi connectivity index (χ1n) is 10.3. The van der Waals surface area contributed by atoms with Gasteiger partial charge in [-0.1, -0.05) is 84.9 Å². The second-order valence-corrected chi connectivity index (χ2v) is 7.42. The van der Waals surface area contributed by atoms with Gasteiger partial charge >= 0.3 is 6.18 Å². The molecule has 4 aromatic carbocycles. The first-order chi connectivity index (χ1) is 15.9. The monoisotopic (exact) mass is 448 g/mol. The number of hydrogen-bond donors (Lipinski definition) is 0. The van der Waals surface area contributed by atoms with Gasteiger partial charge in [-0.25, -0.2) is 4.39 Å². The number of ether oxygens (including phenoxy) is 1. The number of allylic oxidation sites excluding steroid dienone is 1. The highest BCUT2D eigenvalue weighted by atomic mass is 19.4. The van der Waals surface area contributed by atoms with Crippen molar-refractivity contribution in [2.24, 2.45) is 0 Å². The molecule has 5 heteroatoms. The number of rotatable bonds is 6. The molecule has 0 saturated heterocycles. The average Bonchev–Trinajstić information content (AvgIpc) is 2.83. The predicted octanol–water partition coefficient (Wildman–Crippen LogP) is 7.93. The summed E-state index contributed by atoms with van der Waals surface area (Å²) in [5.74, 6) is 0.0189. The summed E-state index contributed by atoms with van der Waals surface area (Å²) < 4.78 is 62.3. The molecule has 4 rings (SSSR count). The molecule has 166 valence electrons. The van der Waals surface area contributed by atoms with Gasteiger partial charge in [0.05, 0.1) is 5.57 Å². The predicted molar refractivity (Wildman–Crippen MR) is 122 cm³/mol. The molecule has 0 bridgehead atoms. The lowest BCUT2D eigenvalue weighted by Gasteiger charge is -2.20. The van der Waals surface area contributed by atoms with Crippen molar-refractivity contribution in [2.45, 2.75) is 12.8 Å². The maximum atomic E-state index is 14.3. The fourth-order valence-corrected chi connectivity index (χ4v) is 3.59. The Balaban J connectivity index is 1.78. The molecule has 0 heterocycles. The van der Waals surface area contributed by atoms with Gasteiger partial charge in [0.15, 0.2) is 0 Å². The zero-order valence-electron chi connectivity index (χ0n) is 17.5. The molecule has 0 saturated carbocycles. The third-order valence-electron chi connectivity index (χ3n) is 5.12. The van der Waals surface area contributed by atoms with E-state index in [1.807, 2.05) is 30.3 Å². The number of benzene rings is 4. The van der Waals surface area contributed by atoms with E-state index in [1.54, 1.807) is 42.5 Å². The minimum absolute atomic E-state index is 0.0247. The molecule has 33 heavy (non-hydrogen) atoms. The average molecular weight is 448 g/mol. The fraction of sp³-hybridized carbons (Fsp3) is 0.0714. The van der Waals surface area contributed by atoms with Crippen molar-refractivity contribution in [1.29, 1.82) is 0 Å². The molecule has 0 aromatic heterocycles. The van der Waals surface area contributed by atoms with Crippen molar-refractivity contribution in [3.05, 3.63) is 137 Å². The van der Waals surface area contributed by atoms with E-state index >= 15 is 0 Å². The highest BCUT2D eigenvalue weighted by Gasteiger charge is 2.38. The van der Waals surface area contributed by atoms with Gasteiger partial charge in [0.2, 0.25) is 0 Å². The zero-order chi connectivity index (χ0) is 23.3. The second-order valence-electron chi connectivity index (χ2n) is 7.42. The van der Waals surface area contributed by atoms with Crippen molar-refractivity contribution < 1.29 is 22.3 Å². The van der Waals surface area contributed by atoms with Crippen LogP contribution in [0.15, 0.2) is 109 Å². The topological polar surface area (TPSA) is 9.23 Å². The van der Waals surface area contributed by atoms with E-state index < -0.39 is 17.6 Å². The summed E-state index contributed by atoms with van der Waals surface area (Å²) in [7, 11) is 0. The van der Waals surface area contributed by atoms with Gasteiger partial charge in [-0.05, 0) is 46.5 Å².